The van der Waals surface area contributed by atoms with E-state index >= 15 is 0 Å². The van der Waals surface area contributed by atoms with E-state index in [0.717, 1.165) is 61.0 Å². The van der Waals surface area contributed by atoms with Gasteiger partial charge in [-0.25, -0.2) is 0 Å². The second-order valence-electron chi connectivity index (χ2n) is 5.98. The molecule has 1 aromatic carbocycles. The lowest BCUT2D eigenvalue weighted by atomic mass is 10.0. The average molecular weight is 303 g/mol. The predicted molar refractivity (Wildman–Crippen MR) is 82.9 cm³/mol. The Bertz CT molecular complexity index is 656. The highest BCUT2D eigenvalue weighted by molar-refractivity contribution is 5.83. The molecule has 2 aromatic rings. The highest BCUT2D eigenvalue weighted by Crippen LogP contribution is 2.24. The van der Waals surface area contributed by atoms with Crippen molar-refractivity contribution in [3.63, 3.8) is 0 Å². The fourth-order valence-electron chi connectivity index (χ4n) is 3.03. The maximum atomic E-state index is 10.8. The largest absolute Gasteiger partial charge is 0.481 e. The zero-order chi connectivity index (χ0) is 15.5. The van der Waals surface area contributed by atoms with Crippen molar-refractivity contribution in [2.75, 3.05) is 19.6 Å². The Morgan fingerprint density at radius 1 is 1.32 bits per heavy atom. The molecule has 0 amide bonds. The van der Waals surface area contributed by atoms with Crippen LogP contribution in [0.3, 0.4) is 0 Å². The lowest BCUT2D eigenvalue weighted by molar-refractivity contribution is -0.136. The fourth-order valence-corrected chi connectivity index (χ4v) is 3.03. The Labute approximate surface area is 129 Å². The minimum Gasteiger partial charge on any atom is -0.481 e. The van der Waals surface area contributed by atoms with Crippen molar-refractivity contribution in [2.24, 2.45) is 0 Å². The summed E-state index contributed by atoms with van der Waals surface area (Å²) in [5.41, 5.74) is 2.66. The van der Waals surface area contributed by atoms with Crippen LogP contribution in [0.4, 0.5) is 0 Å². The standard InChI is InChI=1S/C17H21NO4/c19-14-4-7-18(8-5-14)6-3-13-11-22-16-9-12(10-17(20)21)1-2-15(13)16/h1-2,9,11,14,19H,3-8,10H2,(H,20,21). The van der Waals surface area contributed by atoms with E-state index < -0.39 is 5.97 Å². The van der Waals surface area contributed by atoms with Crippen LogP contribution in [0.5, 0.6) is 0 Å². The third-order valence-electron chi connectivity index (χ3n) is 4.33. The quantitative estimate of drug-likeness (QED) is 0.884. The van der Waals surface area contributed by atoms with Crippen LogP contribution < -0.4 is 0 Å². The molecule has 5 nitrogen and oxygen atoms in total. The summed E-state index contributed by atoms with van der Waals surface area (Å²) in [4.78, 5) is 13.1. The van der Waals surface area contributed by atoms with E-state index in [4.69, 9.17) is 9.52 Å². The minimum absolute atomic E-state index is 0.0159. The molecule has 1 aromatic heterocycles. The highest BCUT2D eigenvalue weighted by Gasteiger charge is 2.17. The molecular weight excluding hydrogens is 282 g/mol. The Morgan fingerprint density at radius 3 is 2.82 bits per heavy atom. The van der Waals surface area contributed by atoms with Crippen LogP contribution in [0.15, 0.2) is 28.9 Å². The first kappa shape index (κ1) is 15.1. The molecular formula is C17H21NO4. The monoisotopic (exact) mass is 303 g/mol. The molecule has 1 saturated heterocycles. The number of aliphatic carboxylic acids is 1. The van der Waals surface area contributed by atoms with Gasteiger partial charge in [-0.05, 0) is 36.5 Å². The summed E-state index contributed by atoms with van der Waals surface area (Å²) in [6, 6.07) is 5.61. The number of aliphatic hydroxyl groups is 1. The number of piperidine rings is 1. The molecule has 0 unspecified atom stereocenters. The number of nitrogens with zero attached hydrogens (tertiary/aromatic N) is 1. The van der Waals surface area contributed by atoms with Gasteiger partial charge in [0, 0.05) is 25.0 Å². The minimum atomic E-state index is -0.835. The van der Waals surface area contributed by atoms with Gasteiger partial charge in [0.05, 0.1) is 18.8 Å². The zero-order valence-corrected chi connectivity index (χ0v) is 12.5. The number of aliphatic hydroxyl groups excluding tert-OH is 1. The number of furan rings is 1. The molecule has 2 N–H and O–H groups in total. The zero-order valence-electron chi connectivity index (χ0n) is 12.5. The van der Waals surface area contributed by atoms with Gasteiger partial charge in [0.25, 0.3) is 0 Å². The summed E-state index contributed by atoms with van der Waals surface area (Å²) >= 11 is 0. The Kier molecular flexibility index (Phi) is 4.45. The molecule has 2 heterocycles. The van der Waals surface area contributed by atoms with Crippen LogP contribution in [-0.2, 0) is 17.6 Å². The van der Waals surface area contributed by atoms with Crippen molar-refractivity contribution in [3.05, 3.63) is 35.6 Å². The van der Waals surface area contributed by atoms with E-state index in [2.05, 4.69) is 4.90 Å². The van der Waals surface area contributed by atoms with Crippen LogP contribution in [0.1, 0.15) is 24.0 Å². The first-order chi connectivity index (χ1) is 10.6. The maximum Gasteiger partial charge on any atom is 0.307 e. The normalized spacial score (nSPS) is 17.1. The average Bonchev–Trinajstić information content (AvgIpc) is 2.88. The summed E-state index contributed by atoms with van der Waals surface area (Å²) in [7, 11) is 0. The number of benzene rings is 1. The van der Waals surface area contributed by atoms with Crippen molar-refractivity contribution in [2.45, 2.75) is 31.8 Å². The molecule has 0 radical (unpaired) electrons. The number of fused-ring (bicyclic) bond motifs is 1. The summed E-state index contributed by atoms with van der Waals surface area (Å²) in [5, 5.41) is 19.4. The first-order valence-electron chi connectivity index (χ1n) is 7.73. The molecule has 3 rings (SSSR count). The van der Waals surface area contributed by atoms with E-state index in [9.17, 15) is 9.90 Å². The molecule has 0 aliphatic carbocycles. The van der Waals surface area contributed by atoms with Gasteiger partial charge in [0.15, 0.2) is 0 Å². The van der Waals surface area contributed by atoms with Crippen LogP contribution >= 0.6 is 0 Å². The number of hydrogen-bond donors (Lipinski definition) is 2. The number of likely N-dealkylation sites (tertiary alicyclic amines) is 1. The summed E-state index contributed by atoms with van der Waals surface area (Å²) in [6.07, 6.45) is 4.26. The number of hydrogen-bond acceptors (Lipinski definition) is 4. The third-order valence-corrected chi connectivity index (χ3v) is 4.33. The van der Waals surface area contributed by atoms with Crippen molar-refractivity contribution < 1.29 is 19.4 Å². The van der Waals surface area contributed by atoms with Gasteiger partial charge in [-0.2, -0.15) is 0 Å². The van der Waals surface area contributed by atoms with Crippen molar-refractivity contribution >= 4 is 16.9 Å². The van der Waals surface area contributed by atoms with Crippen LogP contribution in [0, 0.1) is 0 Å². The second kappa shape index (κ2) is 6.50. The second-order valence-corrected chi connectivity index (χ2v) is 5.98. The number of carboxylic acids is 1. The molecule has 1 aliphatic heterocycles. The van der Waals surface area contributed by atoms with Crippen LogP contribution in [-0.4, -0.2) is 46.8 Å². The molecule has 0 bridgehead atoms. The van der Waals surface area contributed by atoms with E-state index in [-0.39, 0.29) is 12.5 Å². The van der Waals surface area contributed by atoms with Gasteiger partial charge in [-0.3, -0.25) is 4.79 Å². The summed E-state index contributed by atoms with van der Waals surface area (Å²) in [5.74, 6) is -0.835. The lowest BCUT2D eigenvalue weighted by Gasteiger charge is -2.29. The summed E-state index contributed by atoms with van der Waals surface area (Å²) in [6.45, 7) is 2.84. The summed E-state index contributed by atoms with van der Waals surface area (Å²) < 4.78 is 5.58. The first-order valence-corrected chi connectivity index (χ1v) is 7.73. The molecule has 5 heteroatoms. The number of rotatable bonds is 5. The van der Waals surface area contributed by atoms with Crippen molar-refractivity contribution in [3.8, 4) is 0 Å². The Morgan fingerprint density at radius 2 is 2.09 bits per heavy atom. The number of carboxylic acid groups (broad SMARTS) is 1. The third kappa shape index (κ3) is 3.48. The molecule has 0 atom stereocenters. The van der Waals surface area contributed by atoms with E-state index in [0.29, 0.717) is 0 Å². The molecule has 118 valence electrons. The van der Waals surface area contributed by atoms with Gasteiger partial charge >= 0.3 is 5.97 Å². The van der Waals surface area contributed by atoms with Gasteiger partial charge in [-0.1, -0.05) is 12.1 Å². The van der Waals surface area contributed by atoms with Crippen molar-refractivity contribution in [1.29, 1.82) is 0 Å². The van der Waals surface area contributed by atoms with E-state index in [1.807, 2.05) is 18.2 Å². The molecule has 1 aliphatic rings. The number of carbonyl (C=O) groups is 1. The predicted octanol–water partition coefficient (Wildman–Crippen LogP) is 2.06. The smallest absolute Gasteiger partial charge is 0.307 e. The molecule has 22 heavy (non-hydrogen) atoms. The van der Waals surface area contributed by atoms with Gasteiger partial charge in [-0.15, -0.1) is 0 Å². The molecule has 0 spiro atoms. The SMILES string of the molecule is O=C(O)Cc1ccc2c(CCN3CCC(O)CC3)coc2c1. The van der Waals surface area contributed by atoms with Gasteiger partial charge in [0.2, 0.25) is 0 Å². The Balaban J connectivity index is 1.65. The van der Waals surface area contributed by atoms with Crippen LogP contribution in [0.2, 0.25) is 0 Å². The van der Waals surface area contributed by atoms with E-state index in [1.54, 1.807) is 6.26 Å². The van der Waals surface area contributed by atoms with E-state index in [1.165, 1.54) is 0 Å². The van der Waals surface area contributed by atoms with Crippen LogP contribution in [0.25, 0.3) is 11.0 Å². The Hall–Kier alpha value is -1.85. The lowest BCUT2D eigenvalue weighted by Crippen LogP contribution is -2.36. The maximum absolute atomic E-state index is 10.8. The van der Waals surface area contributed by atoms with Crippen molar-refractivity contribution in [1.82, 2.24) is 4.90 Å². The fraction of sp³-hybridized carbons (Fsp3) is 0.471. The topological polar surface area (TPSA) is 73.9 Å². The molecule has 1 fully saturated rings. The molecule has 0 saturated carbocycles. The van der Waals surface area contributed by atoms with Gasteiger partial charge in [0.1, 0.15) is 5.58 Å². The van der Waals surface area contributed by atoms with Gasteiger partial charge < -0.3 is 19.5 Å². The highest BCUT2D eigenvalue weighted by atomic mass is 16.4.